The van der Waals surface area contributed by atoms with Crippen LogP contribution in [0.5, 0.6) is 11.5 Å². The average Bonchev–Trinajstić information content (AvgIpc) is 3.35. The standard InChI is InChI=1S/C28H32N2O5/c1-18(19-9-12-21(13-10-19)28(2,3)4)29-27(32)23(17-22-8-7-15-35-22)30-26(31)20-11-14-24(33-5)25(16-20)34-6/h7-18H,1-6H3,(H,29,32)(H,30,31)/b23-17-/t18-/m0/s1. The molecule has 35 heavy (non-hydrogen) atoms. The summed E-state index contributed by atoms with van der Waals surface area (Å²) in [6.45, 7) is 8.35. The van der Waals surface area contributed by atoms with Crippen LogP contribution >= 0.6 is 0 Å². The van der Waals surface area contributed by atoms with Gasteiger partial charge in [-0.3, -0.25) is 9.59 Å². The lowest BCUT2D eigenvalue weighted by molar-refractivity contribution is -0.118. The number of hydrogen-bond donors (Lipinski definition) is 2. The summed E-state index contributed by atoms with van der Waals surface area (Å²) in [6.07, 6.45) is 2.99. The zero-order valence-electron chi connectivity index (χ0n) is 21.0. The Morgan fingerprint density at radius 3 is 2.23 bits per heavy atom. The highest BCUT2D eigenvalue weighted by atomic mass is 16.5. The molecule has 0 saturated carbocycles. The SMILES string of the molecule is COc1ccc(C(=O)N/C(=C\c2ccco2)C(=O)N[C@@H](C)c2ccc(C(C)(C)C)cc2)cc1OC. The molecular weight excluding hydrogens is 444 g/mol. The number of carbonyl (C=O) groups is 2. The van der Waals surface area contributed by atoms with Gasteiger partial charge in [0.25, 0.3) is 11.8 Å². The summed E-state index contributed by atoms with van der Waals surface area (Å²) in [5.41, 5.74) is 2.57. The Bertz CT molecular complexity index is 1190. The van der Waals surface area contributed by atoms with Crippen molar-refractivity contribution in [3.63, 3.8) is 0 Å². The van der Waals surface area contributed by atoms with E-state index in [-0.39, 0.29) is 17.2 Å². The second kappa shape index (κ2) is 11.0. The van der Waals surface area contributed by atoms with Crippen LogP contribution in [0.3, 0.4) is 0 Å². The molecule has 0 aliphatic rings. The third kappa shape index (κ3) is 6.53. The van der Waals surface area contributed by atoms with E-state index in [0.717, 1.165) is 5.56 Å². The molecule has 7 nitrogen and oxygen atoms in total. The van der Waals surface area contributed by atoms with Gasteiger partial charge in [-0.2, -0.15) is 0 Å². The molecule has 0 spiro atoms. The van der Waals surface area contributed by atoms with E-state index in [1.165, 1.54) is 32.1 Å². The maximum absolute atomic E-state index is 13.2. The summed E-state index contributed by atoms with van der Waals surface area (Å²) < 4.78 is 15.9. The Morgan fingerprint density at radius 1 is 0.971 bits per heavy atom. The third-order valence-corrected chi connectivity index (χ3v) is 5.59. The fraction of sp³-hybridized carbons (Fsp3) is 0.286. The van der Waals surface area contributed by atoms with Crippen molar-refractivity contribution in [1.29, 1.82) is 0 Å². The highest BCUT2D eigenvalue weighted by molar-refractivity contribution is 6.05. The first-order valence-electron chi connectivity index (χ1n) is 11.3. The van der Waals surface area contributed by atoms with Crippen molar-refractivity contribution in [2.75, 3.05) is 14.2 Å². The number of benzene rings is 2. The third-order valence-electron chi connectivity index (χ3n) is 5.59. The molecule has 3 aromatic rings. The van der Waals surface area contributed by atoms with Crippen molar-refractivity contribution in [3.8, 4) is 11.5 Å². The number of hydrogen-bond acceptors (Lipinski definition) is 5. The molecule has 2 amide bonds. The van der Waals surface area contributed by atoms with E-state index in [1.807, 2.05) is 19.1 Å². The number of methoxy groups -OCH3 is 2. The molecule has 0 saturated heterocycles. The molecule has 2 aromatic carbocycles. The lowest BCUT2D eigenvalue weighted by atomic mass is 9.86. The average molecular weight is 477 g/mol. The van der Waals surface area contributed by atoms with Crippen LogP contribution < -0.4 is 20.1 Å². The van der Waals surface area contributed by atoms with E-state index < -0.39 is 11.8 Å². The number of furan rings is 1. The molecule has 0 fully saturated rings. The van der Waals surface area contributed by atoms with Crippen molar-refractivity contribution < 1.29 is 23.5 Å². The number of nitrogens with one attached hydrogen (secondary N) is 2. The summed E-state index contributed by atoms with van der Waals surface area (Å²) in [4.78, 5) is 26.2. The van der Waals surface area contributed by atoms with Gasteiger partial charge in [-0.15, -0.1) is 0 Å². The first-order chi connectivity index (χ1) is 16.6. The van der Waals surface area contributed by atoms with Gasteiger partial charge in [-0.05, 0) is 53.8 Å². The summed E-state index contributed by atoms with van der Waals surface area (Å²) in [7, 11) is 3.01. The quantitative estimate of drug-likeness (QED) is 0.434. The summed E-state index contributed by atoms with van der Waals surface area (Å²) >= 11 is 0. The van der Waals surface area contributed by atoms with Crippen molar-refractivity contribution in [1.82, 2.24) is 10.6 Å². The van der Waals surface area contributed by atoms with Gasteiger partial charge < -0.3 is 24.5 Å². The number of ether oxygens (including phenoxy) is 2. The molecule has 7 heteroatoms. The van der Waals surface area contributed by atoms with E-state index in [9.17, 15) is 9.59 Å². The lowest BCUT2D eigenvalue weighted by Crippen LogP contribution is -2.36. The Kier molecular flexibility index (Phi) is 8.02. The van der Waals surface area contributed by atoms with Crippen LogP contribution in [0, 0.1) is 0 Å². The minimum atomic E-state index is -0.471. The zero-order chi connectivity index (χ0) is 25.6. The molecule has 0 bridgehead atoms. The molecule has 0 radical (unpaired) electrons. The van der Waals surface area contributed by atoms with Crippen molar-refractivity contribution in [3.05, 3.63) is 89.0 Å². The second-order valence-electron chi connectivity index (χ2n) is 9.16. The Balaban J connectivity index is 1.81. The molecule has 1 heterocycles. The van der Waals surface area contributed by atoms with E-state index in [2.05, 4.69) is 43.5 Å². The lowest BCUT2D eigenvalue weighted by Gasteiger charge is -2.21. The van der Waals surface area contributed by atoms with Crippen LogP contribution in [0.25, 0.3) is 6.08 Å². The Hall–Kier alpha value is -4.00. The van der Waals surface area contributed by atoms with Crippen molar-refractivity contribution in [2.45, 2.75) is 39.2 Å². The van der Waals surface area contributed by atoms with E-state index in [1.54, 1.807) is 30.3 Å². The van der Waals surface area contributed by atoms with E-state index >= 15 is 0 Å². The fourth-order valence-corrected chi connectivity index (χ4v) is 3.48. The predicted octanol–water partition coefficient (Wildman–Crippen LogP) is 5.24. The molecule has 2 N–H and O–H groups in total. The van der Waals surface area contributed by atoms with Crippen molar-refractivity contribution in [2.24, 2.45) is 0 Å². The van der Waals surface area contributed by atoms with Gasteiger partial charge in [0.1, 0.15) is 11.5 Å². The van der Waals surface area contributed by atoms with Gasteiger partial charge in [0.15, 0.2) is 11.5 Å². The number of amides is 2. The second-order valence-corrected chi connectivity index (χ2v) is 9.16. The highest BCUT2D eigenvalue weighted by Gasteiger charge is 2.20. The van der Waals surface area contributed by atoms with Crippen LogP contribution in [0.2, 0.25) is 0 Å². The van der Waals surface area contributed by atoms with E-state index in [0.29, 0.717) is 22.8 Å². The smallest absolute Gasteiger partial charge is 0.268 e. The minimum absolute atomic E-state index is 0.0401. The van der Waals surface area contributed by atoms with Crippen LogP contribution in [-0.2, 0) is 10.2 Å². The van der Waals surface area contributed by atoms with Gasteiger partial charge >= 0.3 is 0 Å². The van der Waals surface area contributed by atoms with Crippen LogP contribution in [0.15, 0.2) is 71.0 Å². The molecular formula is C28H32N2O5. The normalized spacial score (nSPS) is 12.6. The van der Waals surface area contributed by atoms with E-state index in [4.69, 9.17) is 13.9 Å². The van der Waals surface area contributed by atoms with Gasteiger partial charge in [0, 0.05) is 11.6 Å². The predicted molar refractivity (Wildman–Crippen MR) is 135 cm³/mol. The molecule has 0 unspecified atom stereocenters. The summed E-state index contributed by atoms with van der Waals surface area (Å²) in [5.74, 6) is 0.432. The van der Waals surface area contributed by atoms with Crippen LogP contribution in [0.1, 0.15) is 61.0 Å². The molecule has 3 rings (SSSR count). The van der Waals surface area contributed by atoms with Gasteiger partial charge in [-0.25, -0.2) is 0 Å². The molecule has 1 atom stereocenters. The summed E-state index contributed by atoms with van der Waals surface area (Å²) in [6, 6.07) is 16.0. The van der Waals surface area contributed by atoms with Crippen LogP contribution in [0.4, 0.5) is 0 Å². The monoisotopic (exact) mass is 476 g/mol. The molecule has 0 aliphatic heterocycles. The maximum Gasteiger partial charge on any atom is 0.268 e. The van der Waals surface area contributed by atoms with Gasteiger partial charge in [0.2, 0.25) is 0 Å². The van der Waals surface area contributed by atoms with Crippen molar-refractivity contribution >= 4 is 17.9 Å². The molecule has 0 aliphatic carbocycles. The largest absolute Gasteiger partial charge is 0.493 e. The zero-order valence-corrected chi connectivity index (χ0v) is 21.0. The number of rotatable bonds is 8. The Labute approximate surface area is 206 Å². The number of carbonyl (C=O) groups excluding carboxylic acids is 2. The first kappa shape index (κ1) is 25.6. The molecule has 184 valence electrons. The fourth-order valence-electron chi connectivity index (χ4n) is 3.48. The highest BCUT2D eigenvalue weighted by Crippen LogP contribution is 2.28. The van der Waals surface area contributed by atoms with Gasteiger partial charge in [0.05, 0.1) is 26.5 Å². The first-order valence-corrected chi connectivity index (χ1v) is 11.3. The maximum atomic E-state index is 13.2. The topological polar surface area (TPSA) is 89.8 Å². The minimum Gasteiger partial charge on any atom is -0.493 e. The van der Waals surface area contributed by atoms with Crippen LogP contribution in [-0.4, -0.2) is 26.0 Å². The summed E-state index contributed by atoms with van der Waals surface area (Å²) in [5, 5.41) is 5.66. The Morgan fingerprint density at radius 2 is 1.66 bits per heavy atom. The van der Waals surface area contributed by atoms with Gasteiger partial charge in [-0.1, -0.05) is 45.0 Å². The molecule has 1 aromatic heterocycles.